The Balaban J connectivity index is 1.68. The summed E-state index contributed by atoms with van der Waals surface area (Å²) in [4.78, 5) is 1.25. The van der Waals surface area contributed by atoms with Gasteiger partial charge in [0, 0.05) is 30.4 Å². The summed E-state index contributed by atoms with van der Waals surface area (Å²) < 4.78 is 2.86. The highest BCUT2D eigenvalue weighted by atomic mass is 79.9. The van der Waals surface area contributed by atoms with Crippen molar-refractivity contribution >= 4 is 27.3 Å². The molecule has 0 aliphatic rings. The number of rotatable bonds is 6. The first-order valence-electron chi connectivity index (χ1n) is 5.34. The van der Waals surface area contributed by atoms with Crippen molar-refractivity contribution in [3.8, 4) is 0 Å². The second-order valence-electron chi connectivity index (χ2n) is 3.72. The zero-order chi connectivity index (χ0) is 12.1. The zero-order valence-electron chi connectivity index (χ0n) is 9.21. The smallest absolute Gasteiger partial charge is 0.0860 e. The Hall–Kier alpha value is -0.690. The molecule has 2 rings (SSSR count). The molecule has 4 nitrogen and oxygen atoms in total. The number of hydrogen-bond donors (Lipinski definition) is 2. The fourth-order valence-electron chi connectivity index (χ4n) is 1.50. The van der Waals surface area contributed by atoms with Crippen LogP contribution in [-0.2, 0) is 13.1 Å². The highest BCUT2D eigenvalue weighted by molar-refractivity contribution is 9.11. The Morgan fingerprint density at radius 3 is 3.06 bits per heavy atom. The van der Waals surface area contributed by atoms with Gasteiger partial charge >= 0.3 is 0 Å². The molecule has 0 bridgehead atoms. The number of thiophene rings is 1. The summed E-state index contributed by atoms with van der Waals surface area (Å²) in [6.45, 7) is 1.87. The SMILES string of the molecule is OC(CNCc1ccc(Br)s1)Cn1cccn1. The van der Waals surface area contributed by atoms with Crippen LogP contribution in [0.4, 0.5) is 0 Å². The van der Waals surface area contributed by atoms with Crippen LogP contribution < -0.4 is 5.32 Å². The van der Waals surface area contributed by atoms with E-state index in [4.69, 9.17) is 0 Å². The fraction of sp³-hybridized carbons (Fsp3) is 0.364. The zero-order valence-corrected chi connectivity index (χ0v) is 11.6. The molecule has 2 N–H and O–H groups in total. The first-order valence-corrected chi connectivity index (χ1v) is 6.95. The normalized spacial score (nSPS) is 12.8. The Kier molecular flexibility index (Phi) is 4.73. The van der Waals surface area contributed by atoms with Gasteiger partial charge in [-0.15, -0.1) is 11.3 Å². The van der Waals surface area contributed by atoms with Gasteiger partial charge in [-0.2, -0.15) is 5.10 Å². The molecule has 2 heterocycles. The van der Waals surface area contributed by atoms with Crippen molar-refractivity contribution in [1.82, 2.24) is 15.1 Å². The van der Waals surface area contributed by atoms with Crippen molar-refractivity contribution in [1.29, 1.82) is 0 Å². The van der Waals surface area contributed by atoms with Gasteiger partial charge in [0.2, 0.25) is 0 Å². The molecule has 92 valence electrons. The van der Waals surface area contributed by atoms with E-state index in [1.54, 1.807) is 22.2 Å². The van der Waals surface area contributed by atoms with Crippen molar-refractivity contribution in [3.63, 3.8) is 0 Å². The standard InChI is InChI=1S/C11H14BrN3OS/c12-11-3-2-10(17-11)7-13-6-9(16)8-15-5-1-4-14-15/h1-5,9,13,16H,6-8H2. The highest BCUT2D eigenvalue weighted by Gasteiger charge is 2.05. The van der Waals surface area contributed by atoms with Crippen molar-refractivity contribution in [2.45, 2.75) is 19.2 Å². The number of aliphatic hydroxyl groups excluding tert-OH is 1. The second-order valence-corrected chi connectivity index (χ2v) is 6.27. The van der Waals surface area contributed by atoms with Gasteiger partial charge in [-0.25, -0.2) is 0 Å². The van der Waals surface area contributed by atoms with E-state index < -0.39 is 6.10 Å². The molecule has 1 unspecified atom stereocenters. The Morgan fingerprint density at radius 1 is 1.53 bits per heavy atom. The van der Waals surface area contributed by atoms with E-state index in [1.165, 1.54) is 4.88 Å². The van der Waals surface area contributed by atoms with Crippen LogP contribution in [0.2, 0.25) is 0 Å². The monoisotopic (exact) mass is 315 g/mol. The maximum absolute atomic E-state index is 9.78. The van der Waals surface area contributed by atoms with Gasteiger partial charge in [-0.1, -0.05) is 0 Å². The number of halogens is 1. The summed E-state index contributed by atoms with van der Waals surface area (Å²) in [7, 11) is 0. The molecule has 6 heteroatoms. The van der Waals surface area contributed by atoms with Crippen molar-refractivity contribution in [2.24, 2.45) is 0 Å². The summed E-state index contributed by atoms with van der Waals surface area (Å²) in [5.41, 5.74) is 0. The van der Waals surface area contributed by atoms with E-state index in [2.05, 4.69) is 32.4 Å². The van der Waals surface area contributed by atoms with Gasteiger partial charge in [0.25, 0.3) is 0 Å². The number of nitrogens with one attached hydrogen (secondary N) is 1. The van der Waals surface area contributed by atoms with Crippen LogP contribution in [0.3, 0.4) is 0 Å². The lowest BCUT2D eigenvalue weighted by Gasteiger charge is -2.11. The predicted octanol–water partition coefficient (Wildman–Crippen LogP) is 1.86. The fourth-order valence-corrected chi connectivity index (χ4v) is 2.95. The van der Waals surface area contributed by atoms with E-state index in [0.717, 1.165) is 10.3 Å². The first-order chi connectivity index (χ1) is 8.24. The predicted molar refractivity (Wildman–Crippen MR) is 72.0 cm³/mol. The molecule has 0 saturated carbocycles. The summed E-state index contributed by atoms with van der Waals surface area (Å²) in [6.07, 6.45) is 3.14. The minimum atomic E-state index is -0.418. The molecule has 0 aliphatic carbocycles. The lowest BCUT2D eigenvalue weighted by Crippen LogP contribution is -2.29. The summed E-state index contributed by atoms with van der Waals surface area (Å²) in [6, 6.07) is 5.95. The third kappa shape index (κ3) is 4.23. The Bertz CT molecular complexity index is 443. The van der Waals surface area contributed by atoms with Crippen LogP contribution >= 0.6 is 27.3 Å². The van der Waals surface area contributed by atoms with Gasteiger partial charge in [0.05, 0.1) is 16.4 Å². The maximum Gasteiger partial charge on any atom is 0.0860 e. The number of aliphatic hydroxyl groups is 1. The van der Waals surface area contributed by atoms with Gasteiger partial charge in [-0.05, 0) is 34.1 Å². The van der Waals surface area contributed by atoms with Crippen molar-refractivity contribution in [2.75, 3.05) is 6.54 Å². The number of nitrogens with zero attached hydrogens (tertiary/aromatic N) is 2. The lowest BCUT2D eigenvalue weighted by molar-refractivity contribution is 0.146. The molecule has 0 fully saturated rings. The van der Waals surface area contributed by atoms with E-state index in [9.17, 15) is 5.11 Å². The van der Waals surface area contributed by atoms with Crippen LogP contribution in [0.15, 0.2) is 34.4 Å². The minimum absolute atomic E-state index is 0.418. The Labute approximate surface area is 112 Å². The maximum atomic E-state index is 9.78. The molecular formula is C11H14BrN3OS. The van der Waals surface area contributed by atoms with Crippen LogP contribution in [0.25, 0.3) is 0 Å². The van der Waals surface area contributed by atoms with Crippen LogP contribution in [0.1, 0.15) is 4.88 Å². The quantitative estimate of drug-likeness (QED) is 0.855. The summed E-state index contributed by atoms with van der Waals surface area (Å²) in [5.74, 6) is 0. The van der Waals surface area contributed by atoms with E-state index in [0.29, 0.717) is 13.1 Å². The van der Waals surface area contributed by atoms with Gasteiger partial charge in [0.15, 0.2) is 0 Å². The molecular weight excluding hydrogens is 302 g/mol. The molecule has 0 saturated heterocycles. The summed E-state index contributed by atoms with van der Waals surface area (Å²) >= 11 is 5.12. The molecule has 2 aromatic rings. The molecule has 0 aliphatic heterocycles. The molecule has 17 heavy (non-hydrogen) atoms. The van der Waals surface area contributed by atoms with E-state index in [-0.39, 0.29) is 0 Å². The number of aromatic nitrogens is 2. The topological polar surface area (TPSA) is 50.1 Å². The van der Waals surface area contributed by atoms with Gasteiger partial charge in [0.1, 0.15) is 0 Å². The average Bonchev–Trinajstić information content (AvgIpc) is 2.90. The molecule has 0 amide bonds. The number of hydrogen-bond acceptors (Lipinski definition) is 4. The lowest BCUT2D eigenvalue weighted by atomic mass is 10.3. The first kappa shape index (κ1) is 12.8. The Morgan fingerprint density at radius 2 is 2.41 bits per heavy atom. The largest absolute Gasteiger partial charge is 0.390 e. The van der Waals surface area contributed by atoms with E-state index in [1.807, 2.05) is 18.3 Å². The third-order valence-electron chi connectivity index (χ3n) is 2.27. The average molecular weight is 316 g/mol. The van der Waals surface area contributed by atoms with Crippen LogP contribution in [-0.4, -0.2) is 27.5 Å². The molecule has 1 atom stereocenters. The molecule has 0 aromatic carbocycles. The highest BCUT2D eigenvalue weighted by Crippen LogP contribution is 2.21. The van der Waals surface area contributed by atoms with Crippen LogP contribution in [0, 0.1) is 0 Å². The molecule has 0 spiro atoms. The van der Waals surface area contributed by atoms with Crippen molar-refractivity contribution in [3.05, 3.63) is 39.3 Å². The van der Waals surface area contributed by atoms with Crippen molar-refractivity contribution < 1.29 is 5.11 Å². The third-order valence-corrected chi connectivity index (χ3v) is 3.89. The van der Waals surface area contributed by atoms with Gasteiger partial charge < -0.3 is 10.4 Å². The molecule has 0 radical (unpaired) electrons. The summed E-state index contributed by atoms with van der Waals surface area (Å²) in [5, 5.41) is 17.1. The second kappa shape index (κ2) is 6.30. The van der Waals surface area contributed by atoms with Crippen LogP contribution in [0.5, 0.6) is 0 Å². The minimum Gasteiger partial charge on any atom is -0.390 e. The van der Waals surface area contributed by atoms with E-state index >= 15 is 0 Å². The molecule has 2 aromatic heterocycles. The van der Waals surface area contributed by atoms with Gasteiger partial charge in [-0.3, -0.25) is 4.68 Å².